The van der Waals surface area contributed by atoms with Gasteiger partial charge in [0.2, 0.25) is 0 Å². The summed E-state index contributed by atoms with van der Waals surface area (Å²) in [7, 11) is 1.79. The van der Waals surface area contributed by atoms with Gasteiger partial charge in [-0.15, -0.1) is 0 Å². The molecule has 5 nitrogen and oxygen atoms in total. The highest BCUT2D eigenvalue weighted by Gasteiger charge is 2.59. The molecule has 0 aromatic rings. The monoisotopic (exact) mass is 551 g/mol. The molecule has 0 heterocycles. The number of rotatable bonds is 11. The normalized spacial score (nSPS) is 39.6. The molecule has 5 unspecified atom stereocenters. The van der Waals surface area contributed by atoms with Crippen LogP contribution in [0, 0.1) is 46.3 Å². The van der Waals surface area contributed by atoms with Crippen LogP contribution >= 0.6 is 7.82 Å². The van der Waals surface area contributed by atoms with E-state index in [9.17, 15) is 9.46 Å². The van der Waals surface area contributed by atoms with Crippen LogP contribution < -0.4 is 4.89 Å². The SMILES string of the molecule is CC(C)CCC[C@@H](C)C1CC[C@H]2C3CC=C4CC(OP(=O)([O-])OCC[N+](C)(C)C)CCC4(C)[C@H]3CC[C@]12C. The fraction of sp³-hybridized carbons (Fsp3) is 0.938. The summed E-state index contributed by atoms with van der Waals surface area (Å²) in [5.74, 6) is 4.90. The summed E-state index contributed by atoms with van der Waals surface area (Å²) in [4.78, 5) is 12.6. The van der Waals surface area contributed by atoms with E-state index in [1.807, 2.05) is 21.1 Å². The van der Waals surface area contributed by atoms with Crippen LogP contribution in [0.5, 0.6) is 0 Å². The molecule has 0 aromatic carbocycles. The van der Waals surface area contributed by atoms with Gasteiger partial charge in [-0.25, -0.2) is 0 Å². The topological polar surface area (TPSA) is 58.6 Å². The zero-order valence-corrected chi connectivity index (χ0v) is 26.7. The molecule has 0 aromatic heterocycles. The number of hydrogen-bond donors (Lipinski definition) is 0. The van der Waals surface area contributed by atoms with Crippen LogP contribution in [0.15, 0.2) is 11.6 Å². The van der Waals surface area contributed by atoms with Crippen LogP contribution in [0.1, 0.15) is 105 Å². The molecule has 38 heavy (non-hydrogen) atoms. The van der Waals surface area contributed by atoms with Crippen LogP contribution in [-0.2, 0) is 13.6 Å². The minimum atomic E-state index is -4.29. The average Bonchev–Trinajstić information content (AvgIpc) is 3.15. The Labute approximate surface area is 234 Å². The Morgan fingerprint density at radius 2 is 1.79 bits per heavy atom. The van der Waals surface area contributed by atoms with Crippen molar-refractivity contribution in [1.29, 1.82) is 0 Å². The molecule has 0 aliphatic heterocycles. The molecule has 9 atom stereocenters. The van der Waals surface area contributed by atoms with Crippen molar-refractivity contribution < 1.29 is 23.0 Å². The first-order chi connectivity index (χ1) is 17.6. The molecule has 4 aliphatic carbocycles. The predicted molar refractivity (Wildman–Crippen MR) is 154 cm³/mol. The first-order valence-corrected chi connectivity index (χ1v) is 17.2. The lowest BCUT2D eigenvalue weighted by Crippen LogP contribution is -2.51. The summed E-state index contributed by atoms with van der Waals surface area (Å²) in [5, 5.41) is 0. The van der Waals surface area contributed by atoms with Crippen molar-refractivity contribution in [1.82, 2.24) is 0 Å². The number of quaternary nitrogens is 1. The molecule has 0 bridgehead atoms. The fourth-order valence-corrected chi connectivity index (χ4v) is 10.3. The molecule has 3 saturated carbocycles. The van der Waals surface area contributed by atoms with Crippen LogP contribution in [0.2, 0.25) is 0 Å². The molecule has 0 N–H and O–H groups in total. The Bertz CT molecular complexity index is 896. The molecule has 0 radical (unpaired) electrons. The molecule has 0 saturated heterocycles. The number of nitrogens with zero attached hydrogens (tertiary/aromatic N) is 1. The second-order valence-corrected chi connectivity index (χ2v) is 16.9. The summed E-state index contributed by atoms with van der Waals surface area (Å²) in [6.07, 6.45) is 15.6. The van der Waals surface area contributed by atoms with E-state index in [1.54, 1.807) is 0 Å². The predicted octanol–water partition coefficient (Wildman–Crippen LogP) is 7.60. The van der Waals surface area contributed by atoms with Crippen molar-refractivity contribution in [3.8, 4) is 0 Å². The number of allylic oxidation sites excluding steroid dienone is 1. The Balaban J connectivity index is 1.38. The minimum Gasteiger partial charge on any atom is -0.756 e. The van der Waals surface area contributed by atoms with E-state index in [1.165, 1.54) is 56.9 Å². The second kappa shape index (κ2) is 11.6. The number of fused-ring (bicyclic) bond motifs is 5. The Morgan fingerprint density at radius 3 is 2.47 bits per heavy atom. The van der Waals surface area contributed by atoms with Crippen molar-refractivity contribution in [3.05, 3.63) is 11.6 Å². The van der Waals surface area contributed by atoms with Crippen molar-refractivity contribution >= 4 is 7.82 Å². The summed E-state index contributed by atoms with van der Waals surface area (Å²) in [6.45, 7) is 13.2. The zero-order chi connectivity index (χ0) is 27.9. The standard InChI is InChI=1S/C32H58NO4P/c1-23(2)10-9-11-24(3)28-14-15-29-27-13-12-25-22-26(37-38(34,35)36-21-20-33(6,7)8)16-18-31(25,4)30(27)17-19-32(28,29)5/h12,23-24,26-30H,9-11,13-22H2,1-8H3/t24-,26?,27?,28?,29+,30+,31?,32-/m1/s1. The maximum atomic E-state index is 12.6. The third kappa shape index (κ3) is 6.64. The lowest BCUT2D eigenvalue weighted by molar-refractivity contribution is -0.870. The molecule has 0 amide bonds. The van der Waals surface area contributed by atoms with Crippen molar-refractivity contribution in [2.45, 2.75) is 111 Å². The molecule has 3 fully saturated rings. The second-order valence-electron chi connectivity index (χ2n) is 15.6. The van der Waals surface area contributed by atoms with Gasteiger partial charge < -0.3 is 18.4 Å². The van der Waals surface area contributed by atoms with Crippen molar-refractivity contribution in [2.24, 2.45) is 46.3 Å². The van der Waals surface area contributed by atoms with E-state index in [0.29, 0.717) is 16.4 Å². The number of likely N-dealkylation sites (N-methyl/N-ethyl adjacent to an activating group) is 1. The Kier molecular flexibility index (Phi) is 9.38. The summed E-state index contributed by atoms with van der Waals surface area (Å²) in [5.41, 5.74) is 2.16. The zero-order valence-electron chi connectivity index (χ0n) is 25.8. The first-order valence-electron chi connectivity index (χ1n) is 15.8. The molecular formula is C32H58NO4P. The molecular weight excluding hydrogens is 493 g/mol. The van der Waals surface area contributed by atoms with Gasteiger partial charge in [0.1, 0.15) is 13.2 Å². The highest BCUT2D eigenvalue weighted by atomic mass is 31.2. The van der Waals surface area contributed by atoms with Gasteiger partial charge in [-0.05, 0) is 97.7 Å². The quantitative estimate of drug-likeness (QED) is 0.151. The highest BCUT2D eigenvalue weighted by molar-refractivity contribution is 7.45. The third-order valence-corrected chi connectivity index (χ3v) is 12.6. The van der Waals surface area contributed by atoms with E-state index in [-0.39, 0.29) is 18.1 Å². The summed E-state index contributed by atoms with van der Waals surface area (Å²) < 4.78 is 24.1. The van der Waals surface area contributed by atoms with E-state index in [4.69, 9.17) is 9.05 Å². The first kappa shape index (κ1) is 30.8. The van der Waals surface area contributed by atoms with Crippen LogP contribution in [-0.4, -0.2) is 44.9 Å². The summed E-state index contributed by atoms with van der Waals surface area (Å²) in [6, 6.07) is 0. The lowest BCUT2D eigenvalue weighted by atomic mass is 9.47. The van der Waals surface area contributed by atoms with Crippen LogP contribution in [0.3, 0.4) is 0 Å². The fourth-order valence-electron chi connectivity index (χ4n) is 9.38. The van der Waals surface area contributed by atoms with E-state index in [0.717, 1.165) is 54.8 Å². The minimum absolute atomic E-state index is 0.165. The van der Waals surface area contributed by atoms with Crippen LogP contribution in [0.25, 0.3) is 0 Å². The van der Waals surface area contributed by atoms with Gasteiger partial charge in [0, 0.05) is 0 Å². The highest BCUT2D eigenvalue weighted by Crippen LogP contribution is 2.67. The average molecular weight is 552 g/mol. The maximum absolute atomic E-state index is 12.6. The van der Waals surface area contributed by atoms with E-state index >= 15 is 0 Å². The molecule has 4 rings (SSSR count). The van der Waals surface area contributed by atoms with Gasteiger partial charge in [-0.2, -0.15) is 0 Å². The largest absolute Gasteiger partial charge is 0.756 e. The van der Waals surface area contributed by atoms with Gasteiger partial charge in [0.25, 0.3) is 7.82 Å². The van der Waals surface area contributed by atoms with Crippen molar-refractivity contribution in [2.75, 3.05) is 34.3 Å². The van der Waals surface area contributed by atoms with Gasteiger partial charge in [-0.1, -0.05) is 65.5 Å². The number of hydrogen-bond acceptors (Lipinski definition) is 4. The Morgan fingerprint density at radius 1 is 1.05 bits per heavy atom. The van der Waals surface area contributed by atoms with Gasteiger partial charge >= 0.3 is 0 Å². The lowest BCUT2D eigenvalue weighted by Gasteiger charge is -2.58. The van der Waals surface area contributed by atoms with Gasteiger partial charge in [-0.3, -0.25) is 4.57 Å². The maximum Gasteiger partial charge on any atom is 0.268 e. The van der Waals surface area contributed by atoms with E-state index in [2.05, 4.69) is 40.7 Å². The smallest absolute Gasteiger partial charge is 0.268 e. The van der Waals surface area contributed by atoms with Crippen LogP contribution in [0.4, 0.5) is 0 Å². The van der Waals surface area contributed by atoms with E-state index < -0.39 is 7.82 Å². The third-order valence-electron chi connectivity index (χ3n) is 11.5. The van der Waals surface area contributed by atoms with Gasteiger partial charge in [0.15, 0.2) is 0 Å². The molecule has 220 valence electrons. The Hall–Kier alpha value is -0.190. The molecule has 4 aliphatic rings. The van der Waals surface area contributed by atoms with Gasteiger partial charge in [0.05, 0.1) is 27.2 Å². The molecule has 6 heteroatoms. The summed E-state index contributed by atoms with van der Waals surface area (Å²) >= 11 is 0. The number of phosphoric ester groups is 1. The molecule has 0 spiro atoms. The number of phosphoric acid groups is 1. The van der Waals surface area contributed by atoms with Crippen molar-refractivity contribution in [3.63, 3.8) is 0 Å².